The Morgan fingerprint density at radius 1 is 1.12 bits per heavy atom. The Bertz CT molecular complexity index is 868. The van der Waals surface area contributed by atoms with E-state index in [0.717, 1.165) is 29.9 Å². The van der Waals surface area contributed by atoms with Crippen molar-refractivity contribution in [3.63, 3.8) is 0 Å². The number of benzene rings is 2. The molecule has 1 atom stereocenters. The van der Waals surface area contributed by atoms with Crippen molar-refractivity contribution in [1.29, 1.82) is 0 Å². The first-order chi connectivity index (χ1) is 12.5. The van der Waals surface area contributed by atoms with Crippen LogP contribution in [-0.2, 0) is 6.42 Å². The Morgan fingerprint density at radius 3 is 2.58 bits per heavy atom. The van der Waals surface area contributed by atoms with Crippen LogP contribution in [0.2, 0.25) is 10.0 Å². The van der Waals surface area contributed by atoms with Gasteiger partial charge in [-0.2, -0.15) is 0 Å². The molecular weight excluding hydrogens is 373 g/mol. The quantitative estimate of drug-likeness (QED) is 0.692. The van der Waals surface area contributed by atoms with Crippen molar-refractivity contribution in [2.45, 2.75) is 25.8 Å². The normalized spacial score (nSPS) is 18.9. The molecule has 4 nitrogen and oxygen atoms in total. The highest BCUT2D eigenvalue weighted by molar-refractivity contribution is 6.36. The predicted molar refractivity (Wildman–Crippen MR) is 102 cm³/mol. The van der Waals surface area contributed by atoms with Crippen molar-refractivity contribution in [2.75, 3.05) is 19.8 Å². The van der Waals surface area contributed by atoms with E-state index in [1.54, 1.807) is 18.2 Å². The summed E-state index contributed by atoms with van der Waals surface area (Å²) in [6.07, 6.45) is 1.64. The molecule has 0 saturated carbocycles. The summed E-state index contributed by atoms with van der Waals surface area (Å²) in [5.74, 6) is 1.47. The van der Waals surface area contributed by atoms with E-state index in [0.29, 0.717) is 35.4 Å². The van der Waals surface area contributed by atoms with E-state index in [-0.39, 0.29) is 11.9 Å². The molecule has 0 aromatic heterocycles. The van der Waals surface area contributed by atoms with E-state index in [1.807, 2.05) is 17.9 Å². The Labute approximate surface area is 162 Å². The number of rotatable bonds is 1. The third kappa shape index (κ3) is 3.12. The van der Waals surface area contributed by atoms with E-state index >= 15 is 0 Å². The maximum absolute atomic E-state index is 13.0. The lowest BCUT2D eigenvalue weighted by Crippen LogP contribution is -2.39. The van der Waals surface area contributed by atoms with Gasteiger partial charge in [0, 0.05) is 18.0 Å². The van der Waals surface area contributed by atoms with Crippen LogP contribution >= 0.6 is 23.2 Å². The molecule has 0 N–H and O–H groups in total. The maximum atomic E-state index is 13.0. The number of carbonyl (C=O) groups excluding carboxylic acids is 1. The zero-order chi connectivity index (χ0) is 18.3. The molecule has 6 heteroatoms. The van der Waals surface area contributed by atoms with Gasteiger partial charge in [0.25, 0.3) is 5.91 Å². The van der Waals surface area contributed by atoms with Crippen molar-refractivity contribution in [1.82, 2.24) is 4.90 Å². The molecule has 2 heterocycles. The summed E-state index contributed by atoms with van der Waals surface area (Å²) in [6.45, 7) is 3.97. The highest BCUT2D eigenvalue weighted by Gasteiger charge is 2.31. The molecule has 2 aliphatic heterocycles. The summed E-state index contributed by atoms with van der Waals surface area (Å²) >= 11 is 12.2. The van der Waals surface area contributed by atoms with Crippen LogP contribution in [0.3, 0.4) is 0 Å². The van der Waals surface area contributed by atoms with E-state index in [9.17, 15) is 4.79 Å². The second kappa shape index (κ2) is 7.01. The Morgan fingerprint density at radius 2 is 1.85 bits per heavy atom. The Hall–Kier alpha value is -1.91. The first-order valence-electron chi connectivity index (χ1n) is 8.73. The third-order valence-electron chi connectivity index (χ3n) is 4.97. The lowest BCUT2D eigenvalue weighted by molar-refractivity contribution is 0.0677. The van der Waals surface area contributed by atoms with Gasteiger partial charge in [0.05, 0.1) is 29.8 Å². The van der Waals surface area contributed by atoms with Crippen LogP contribution in [-0.4, -0.2) is 30.6 Å². The fraction of sp³-hybridized carbons (Fsp3) is 0.350. The van der Waals surface area contributed by atoms with Crippen molar-refractivity contribution in [3.05, 3.63) is 57.1 Å². The van der Waals surface area contributed by atoms with Gasteiger partial charge in [0.15, 0.2) is 11.5 Å². The first kappa shape index (κ1) is 17.5. The minimum absolute atomic E-state index is 0.0739. The molecular formula is C20H19Cl2NO3. The highest BCUT2D eigenvalue weighted by Crippen LogP contribution is 2.39. The van der Waals surface area contributed by atoms with E-state index in [4.69, 9.17) is 32.7 Å². The van der Waals surface area contributed by atoms with Gasteiger partial charge < -0.3 is 14.4 Å². The first-order valence-corrected chi connectivity index (χ1v) is 9.48. The maximum Gasteiger partial charge on any atom is 0.255 e. The Kier molecular flexibility index (Phi) is 4.72. The molecule has 1 amide bonds. The predicted octanol–water partition coefficient (Wildman–Crippen LogP) is 4.91. The van der Waals surface area contributed by atoms with Gasteiger partial charge in [0.2, 0.25) is 0 Å². The SMILES string of the molecule is C[C@@H]1c2cc3c(cc2CCN1C(=O)c1ccc(Cl)cc1Cl)OCCCO3. The minimum atomic E-state index is -0.0862. The van der Waals surface area contributed by atoms with Crippen LogP contribution in [0.15, 0.2) is 30.3 Å². The standard InChI is InChI=1S/C20H19Cl2NO3/c1-12-16-11-19-18(25-7-2-8-26-19)9-13(16)5-6-23(12)20(24)15-4-3-14(21)10-17(15)22/h3-4,9-12H,2,5-8H2,1H3/t12-/m1/s1. The summed E-state index contributed by atoms with van der Waals surface area (Å²) in [5, 5.41) is 0.891. The van der Waals surface area contributed by atoms with Crippen molar-refractivity contribution >= 4 is 29.1 Å². The number of halogens is 2. The van der Waals surface area contributed by atoms with Gasteiger partial charge in [0.1, 0.15) is 0 Å². The molecule has 2 aliphatic rings. The number of amides is 1. The average Bonchev–Trinajstić information content (AvgIpc) is 2.85. The van der Waals surface area contributed by atoms with Crippen LogP contribution in [0.5, 0.6) is 11.5 Å². The fourth-order valence-corrected chi connectivity index (χ4v) is 4.06. The van der Waals surface area contributed by atoms with Crippen LogP contribution in [0.1, 0.15) is 40.9 Å². The summed E-state index contributed by atoms with van der Waals surface area (Å²) in [5.41, 5.74) is 2.77. The molecule has 0 spiro atoms. The van der Waals surface area contributed by atoms with Gasteiger partial charge in [-0.05, 0) is 54.8 Å². The second-order valence-corrected chi connectivity index (χ2v) is 7.44. The highest BCUT2D eigenvalue weighted by atomic mass is 35.5. The van der Waals surface area contributed by atoms with Crippen molar-refractivity contribution in [3.8, 4) is 11.5 Å². The number of hydrogen-bond acceptors (Lipinski definition) is 3. The average molecular weight is 392 g/mol. The van der Waals surface area contributed by atoms with Crippen LogP contribution in [0, 0.1) is 0 Å². The monoisotopic (exact) mass is 391 g/mol. The molecule has 0 radical (unpaired) electrons. The second-order valence-electron chi connectivity index (χ2n) is 6.60. The molecule has 4 rings (SSSR count). The molecule has 136 valence electrons. The van der Waals surface area contributed by atoms with Gasteiger partial charge in [-0.25, -0.2) is 0 Å². The summed E-state index contributed by atoms with van der Waals surface area (Å²) in [6, 6.07) is 8.98. The van der Waals surface area contributed by atoms with Gasteiger partial charge in [-0.1, -0.05) is 23.2 Å². The molecule has 0 aliphatic carbocycles. The molecule has 0 fully saturated rings. The van der Waals surface area contributed by atoms with Gasteiger partial charge in [-0.3, -0.25) is 4.79 Å². The molecule has 2 aromatic carbocycles. The molecule has 0 bridgehead atoms. The molecule has 26 heavy (non-hydrogen) atoms. The van der Waals surface area contributed by atoms with Gasteiger partial charge in [-0.15, -0.1) is 0 Å². The lowest BCUT2D eigenvalue weighted by Gasteiger charge is -2.36. The van der Waals surface area contributed by atoms with Crippen LogP contribution < -0.4 is 9.47 Å². The third-order valence-corrected chi connectivity index (χ3v) is 5.52. The zero-order valence-corrected chi connectivity index (χ0v) is 15.9. The number of carbonyl (C=O) groups is 1. The largest absolute Gasteiger partial charge is 0.490 e. The molecule has 2 aromatic rings. The topological polar surface area (TPSA) is 38.8 Å². The fourth-order valence-electron chi connectivity index (χ4n) is 3.57. The number of nitrogens with zero attached hydrogens (tertiary/aromatic N) is 1. The van der Waals surface area contributed by atoms with Gasteiger partial charge >= 0.3 is 0 Å². The summed E-state index contributed by atoms with van der Waals surface area (Å²) < 4.78 is 11.6. The summed E-state index contributed by atoms with van der Waals surface area (Å²) in [4.78, 5) is 14.9. The molecule has 0 unspecified atom stereocenters. The number of hydrogen-bond donors (Lipinski definition) is 0. The van der Waals surface area contributed by atoms with Crippen LogP contribution in [0.25, 0.3) is 0 Å². The van der Waals surface area contributed by atoms with E-state index < -0.39 is 0 Å². The summed E-state index contributed by atoms with van der Waals surface area (Å²) in [7, 11) is 0. The van der Waals surface area contributed by atoms with Crippen LogP contribution in [0.4, 0.5) is 0 Å². The van der Waals surface area contributed by atoms with Crippen molar-refractivity contribution < 1.29 is 14.3 Å². The van der Waals surface area contributed by atoms with Crippen molar-refractivity contribution in [2.24, 2.45) is 0 Å². The number of ether oxygens (including phenoxy) is 2. The minimum Gasteiger partial charge on any atom is -0.490 e. The number of fused-ring (bicyclic) bond motifs is 2. The van der Waals surface area contributed by atoms with E-state index in [1.165, 1.54) is 5.56 Å². The zero-order valence-electron chi connectivity index (χ0n) is 14.4. The lowest BCUT2D eigenvalue weighted by atomic mass is 9.92. The van der Waals surface area contributed by atoms with E-state index in [2.05, 4.69) is 6.07 Å². The smallest absolute Gasteiger partial charge is 0.255 e. The Balaban J connectivity index is 1.66. The molecule has 0 saturated heterocycles.